The number of carbonyl (C=O) groups is 1. The molecule has 13 heavy (non-hydrogen) atoms. The molecule has 2 aromatic rings. The highest BCUT2D eigenvalue weighted by Crippen LogP contribution is 2.13. The molecule has 66 valence electrons. The quantitative estimate of drug-likeness (QED) is 0.674. The smallest absolute Gasteiger partial charge is 0.221 e. The van der Waals surface area contributed by atoms with Crippen LogP contribution in [-0.2, 0) is 11.2 Å². The molecule has 2 rings (SSSR count). The van der Waals surface area contributed by atoms with Crippen LogP contribution in [0.3, 0.4) is 0 Å². The molecule has 0 saturated carbocycles. The van der Waals surface area contributed by atoms with Gasteiger partial charge in [-0.3, -0.25) is 9.89 Å². The molecule has 1 amide bonds. The monoisotopic (exact) mass is 176 g/mol. The van der Waals surface area contributed by atoms with E-state index in [0.29, 0.717) is 5.52 Å². The summed E-state index contributed by atoms with van der Waals surface area (Å²) in [4.78, 5) is 10.7. The number of fused-ring (bicyclic) bond motifs is 1. The van der Waals surface area contributed by atoms with Crippen molar-refractivity contribution < 1.29 is 4.79 Å². The summed E-state index contributed by atoms with van der Waals surface area (Å²) in [7, 11) is 0. The standard InChI is InChI=1S/C8H8N4O/c9-7(13)4-5-2-1-3-6-8(5)11-12-10-6/h1-3H,4H2,(H2,9,13)(H,10,11,12). The van der Waals surface area contributed by atoms with Crippen molar-refractivity contribution in [3.8, 4) is 0 Å². The minimum atomic E-state index is -0.365. The number of nitrogens with zero attached hydrogens (tertiary/aromatic N) is 2. The second-order valence-corrected chi connectivity index (χ2v) is 2.77. The van der Waals surface area contributed by atoms with Gasteiger partial charge in [-0.2, -0.15) is 0 Å². The summed E-state index contributed by atoms with van der Waals surface area (Å²) < 4.78 is 0. The molecule has 0 aliphatic rings. The highest BCUT2D eigenvalue weighted by atomic mass is 16.1. The molecule has 0 saturated heterocycles. The molecule has 0 atom stereocenters. The largest absolute Gasteiger partial charge is 0.369 e. The van der Waals surface area contributed by atoms with Crippen molar-refractivity contribution in [2.45, 2.75) is 6.42 Å². The number of nitrogens with two attached hydrogens (primary N) is 1. The first-order valence-electron chi connectivity index (χ1n) is 3.84. The van der Waals surface area contributed by atoms with Crippen LogP contribution in [0.4, 0.5) is 0 Å². The topological polar surface area (TPSA) is 84.7 Å². The number of aromatic amines is 1. The lowest BCUT2D eigenvalue weighted by molar-refractivity contribution is -0.117. The van der Waals surface area contributed by atoms with Crippen LogP contribution in [0.1, 0.15) is 5.56 Å². The van der Waals surface area contributed by atoms with Crippen LogP contribution in [0.2, 0.25) is 0 Å². The van der Waals surface area contributed by atoms with E-state index in [1.165, 1.54) is 0 Å². The summed E-state index contributed by atoms with van der Waals surface area (Å²) in [5.74, 6) is -0.365. The highest BCUT2D eigenvalue weighted by molar-refractivity contribution is 5.84. The molecule has 0 spiro atoms. The van der Waals surface area contributed by atoms with Crippen molar-refractivity contribution in [1.29, 1.82) is 0 Å². The van der Waals surface area contributed by atoms with Gasteiger partial charge in [-0.05, 0) is 11.6 Å². The van der Waals surface area contributed by atoms with Gasteiger partial charge < -0.3 is 5.73 Å². The Morgan fingerprint density at radius 1 is 1.54 bits per heavy atom. The number of benzene rings is 1. The predicted octanol–water partition coefficient (Wildman–Crippen LogP) is -0.0143. The fraction of sp³-hybridized carbons (Fsp3) is 0.125. The minimum Gasteiger partial charge on any atom is -0.369 e. The third kappa shape index (κ3) is 1.35. The fourth-order valence-electron chi connectivity index (χ4n) is 1.26. The summed E-state index contributed by atoms with van der Waals surface area (Å²) in [6.45, 7) is 0. The van der Waals surface area contributed by atoms with Gasteiger partial charge >= 0.3 is 0 Å². The van der Waals surface area contributed by atoms with Crippen LogP contribution in [0.25, 0.3) is 11.0 Å². The Morgan fingerprint density at radius 3 is 3.15 bits per heavy atom. The Labute approximate surface area is 73.9 Å². The molecule has 0 radical (unpaired) electrons. The molecule has 3 N–H and O–H groups in total. The number of primary amides is 1. The lowest BCUT2D eigenvalue weighted by Crippen LogP contribution is -2.13. The fourth-order valence-corrected chi connectivity index (χ4v) is 1.26. The van der Waals surface area contributed by atoms with Crippen molar-refractivity contribution in [3.63, 3.8) is 0 Å². The number of carbonyl (C=O) groups excluding carboxylic acids is 1. The Bertz CT molecular complexity index is 448. The van der Waals surface area contributed by atoms with Crippen LogP contribution in [0.5, 0.6) is 0 Å². The average Bonchev–Trinajstić information content (AvgIpc) is 2.51. The van der Waals surface area contributed by atoms with Crippen LogP contribution in [0, 0.1) is 0 Å². The summed E-state index contributed by atoms with van der Waals surface area (Å²) in [5.41, 5.74) is 7.42. The number of H-pyrrole nitrogens is 1. The third-order valence-electron chi connectivity index (χ3n) is 1.80. The molecule has 5 nitrogen and oxygen atoms in total. The lowest BCUT2D eigenvalue weighted by atomic mass is 10.1. The van der Waals surface area contributed by atoms with Gasteiger partial charge in [0.25, 0.3) is 0 Å². The summed E-state index contributed by atoms with van der Waals surface area (Å²) in [6.07, 6.45) is 0.198. The van der Waals surface area contributed by atoms with E-state index in [1.54, 1.807) is 0 Å². The van der Waals surface area contributed by atoms with E-state index >= 15 is 0 Å². The summed E-state index contributed by atoms with van der Waals surface area (Å²) in [5, 5.41) is 10.2. The second-order valence-electron chi connectivity index (χ2n) is 2.77. The number of amides is 1. The zero-order valence-corrected chi connectivity index (χ0v) is 6.82. The summed E-state index contributed by atoms with van der Waals surface area (Å²) >= 11 is 0. The molecule has 0 aliphatic carbocycles. The highest BCUT2D eigenvalue weighted by Gasteiger charge is 2.05. The minimum absolute atomic E-state index is 0.198. The van der Waals surface area contributed by atoms with Gasteiger partial charge in [-0.15, -0.1) is 5.10 Å². The average molecular weight is 176 g/mol. The van der Waals surface area contributed by atoms with Crippen LogP contribution in [-0.4, -0.2) is 21.3 Å². The Morgan fingerprint density at radius 2 is 2.38 bits per heavy atom. The third-order valence-corrected chi connectivity index (χ3v) is 1.80. The first kappa shape index (κ1) is 7.72. The van der Waals surface area contributed by atoms with Crippen molar-refractivity contribution in [1.82, 2.24) is 15.4 Å². The van der Waals surface area contributed by atoms with E-state index in [-0.39, 0.29) is 12.3 Å². The van der Waals surface area contributed by atoms with Gasteiger partial charge in [0.1, 0.15) is 5.52 Å². The van der Waals surface area contributed by atoms with Gasteiger partial charge in [0.15, 0.2) is 0 Å². The number of nitrogens with one attached hydrogen (secondary N) is 1. The Kier molecular flexibility index (Phi) is 1.70. The van der Waals surface area contributed by atoms with Gasteiger partial charge in [-0.25, -0.2) is 0 Å². The van der Waals surface area contributed by atoms with E-state index in [9.17, 15) is 4.79 Å². The van der Waals surface area contributed by atoms with E-state index in [1.807, 2.05) is 18.2 Å². The normalized spacial score (nSPS) is 10.5. The molecule has 0 bridgehead atoms. The molecule has 1 aromatic heterocycles. The number of hydrogen-bond donors (Lipinski definition) is 2. The van der Waals surface area contributed by atoms with Crippen molar-refractivity contribution in [2.75, 3.05) is 0 Å². The van der Waals surface area contributed by atoms with E-state index < -0.39 is 0 Å². The first-order chi connectivity index (χ1) is 6.27. The molecule has 0 unspecified atom stereocenters. The zero-order chi connectivity index (χ0) is 9.26. The molecular formula is C8H8N4O. The lowest BCUT2D eigenvalue weighted by Gasteiger charge is -1.96. The maximum atomic E-state index is 10.7. The van der Waals surface area contributed by atoms with E-state index in [0.717, 1.165) is 11.1 Å². The van der Waals surface area contributed by atoms with Crippen LogP contribution < -0.4 is 5.73 Å². The van der Waals surface area contributed by atoms with Gasteiger partial charge in [0.2, 0.25) is 5.91 Å². The molecule has 1 heterocycles. The predicted molar refractivity (Wildman–Crippen MR) is 46.8 cm³/mol. The zero-order valence-electron chi connectivity index (χ0n) is 6.82. The van der Waals surface area contributed by atoms with Crippen LogP contribution in [0.15, 0.2) is 18.2 Å². The van der Waals surface area contributed by atoms with Crippen molar-refractivity contribution >= 4 is 16.9 Å². The maximum Gasteiger partial charge on any atom is 0.221 e. The first-order valence-corrected chi connectivity index (χ1v) is 3.84. The number of rotatable bonds is 2. The number of hydrogen-bond acceptors (Lipinski definition) is 3. The van der Waals surface area contributed by atoms with E-state index in [2.05, 4.69) is 15.4 Å². The van der Waals surface area contributed by atoms with Gasteiger partial charge in [0.05, 0.1) is 11.9 Å². The van der Waals surface area contributed by atoms with Gasteiger partial charge in [0, 0.05) is 0 Å². The number of aromatic nitrogens is 3. The van der Waals surface area contributed by atoms with Gasteiger partial charge in [-0.1, -0.05) is 17.3 Å². The van der Waals surface area contributed by atoms with Crippen LogP contribution >= 0.6 is 0 Å². The molecule has 5 heteroatoms. The Balaban J connectivity index is 2.54. The van der Waals surface area contributed by atoms with E-state index in [4.69, 9.17) is 5.73 Å². The molecule has 0 fully saturated rings. The Hall–Kier alpha value is -1.91. The molecule has 0 aliphatic heterocycles. The molecule has 1 aromatic carbocycles. The maximum absolute atomic E-state index is 10.7. The van der Waals surface area contributed by atoms with Crippen molar-refractivity contribution in [2.24, 2.45) is 5.73 Å². The molecular weight excluding hydrogens is 168 g/mol. The SMILES string of the molecule is NC(=O)Cc1cccc2[nH]nnc12. The van der Waals surface area contributed by atoms with Crippen molar-refractivity contribution in [3.05, 3.63) is 23.8 Å². The second kappa shape index (κ2) is 2.85. The summed E-state index contributed by atoms with van der Waals surface area (Å²) in [6, 6.07) is 5.50.